The van der Waals surface area contributed by atoms with Crippen LogP contribution in [0, 0.1) is 27.7 Å². The molecule has 0 saturated heterocycles. The van der Waals surface area contributed by atoms with Crippen molar-refractivity contribution in [3.63, 3.8) is 0 Å². The van der Waals surface area contributed by atoms with Crippen molar-refractivity contribution in [1.82, 2.24) is 9.78 Å². The molecule has 22 heavy (non-hydrogen) atoms. The van der Waals surface area contributed by atoms with E-state index in [0.29, 0.717) is 0 Å². The van der Waals surface area contributed by atoms with E-state index in [-0.39, 0.29) is 11.5 Å². The van der Waals surface area contributed by atoms with Crippen molar-refractivity contribution in [2.24, 2.45) is 0 Å². The Morgan fingerprint density at radius 3 is 2.50 bits per heavy atom. The van der Waals surface area contributed by atoms with Crippen LogP contribution in [-0.4, -0.2) is 15.7 Å². The molecule has 0 spiro atoms. The molecule has 1 heterocycles. The Morgan fingerprint density at radius 1 is 1.14 bits per heavy atom. The third kappa shape index (κ3) is 3.24. The average Bonchev–Trinajstić information content (AvgIpc) is 2.46. The molecule has 0 radical (unpaired) electrons. The number of rotatable bonds is 3. The van der Waals surface area contributed by atoms with Crippen LogP contribution in [0.25, 0.3) is 0 Å². The molecule has 0 saturated carbocycles. The maximum Gasteiger partial charge on any atom is 0.267 e. The van der Waals surface area contributed by atoms with Gasteiger partial charge in [0.2, 0.25) is 5.91 Å². The van der Waals surface area contributed by atoms with Crippen molar-refractivity contribution in [2.45, 2.75) is 40.7 Å². The molecule has 1 atom stereocenters. The van der Waals surface area contributed by atoms with Crippen LogP contribution in [-0.2, 0) is 4.79 Å². The molecular formula is C17H21N3O2. The highest BCUT2D eigenvalue weighted by molar-refractivity contribution is 5.94. The zero-order chi connectivity index (χ0) is 16.4. The minimum absolute atomic E-state index is 0.258. The van der Waals surface area contributed by atoms with Crippen molar-refractivity contribution in [2.75, 3.05) is 5.32 Å². The van der Waals surface area contributed by atoms with Crippen LogP contribution in [0.3, 0.4) is 0 Å². The highest BCUT2D eigenvalue weighted by atomic mass is 16.2. The number of aryl methyl sites for hydroxylation is 4. The van der Waals surface area contributed by atoms with Gasteiger partial charge in [-0.2, -0.15) is 5.10 Å². The molecule has 0 aliphatic heterocycles. The van der Waals surface area contributed by atoms with Gasteiger partial charge in [-0.1, -0.05) is 12.1 Å². The standard InChI is InChI=1S/C17H21N3O2/c1-10-6-7-11(2)15(8-10)18-17(22)14(5)20-16(21)9-12(3)13(4)19-20/h6-9,14H,1-5H3,(H,18,22). The molecule has 1 aromatic carbocycles. The van der Waals surface area contributed by atoms with Gasteiger partial charge in [0.15, 0.2) is 0 Å². The number of nitrogens with one attached hydrogen (secondary N) is 1. The van der Waals surface area contributed by atoms with E-state index in [1.165, 1.54) is 10.7 Å². The summed E-state index contributed by atoms with van der Waals surface area (Å²) in [6.45, 7) is 9.22. The van der Waals surface area contributed by atoms with Gasteiger partial charge in [0.25, 0.3) is 5.56 Å². The van der Waals surface area contributed by atoms with Crippen molar-refractivity contribution >= 4 is 11.6 Å². The number of hydrogen-bond acceptors (Lipinski definition) is 3. The van der Waals surface area contributed by atoms with Crippen molar-refractivity contribution in [3.8, 4) is 0 Å². The van der Waals surface area contributed by atoms with Crippen LogP contribution in [0.4, 0.5) is 5.69 Å². The third-order valence-corrected chi connectivity index (χ3v) is 3.79. The fourth-order valence-corrected chi connectivity index (χ4v) is 2.14. The zero-order valence-corrected chi connectivity index (χ0v) is 13.6. The van der Waals surface area contributed by atoms with Crippen molar-refractivity contribution in [3.05, 3.63) is 57.0 Å². The van der Waals surface area contributed by atoms with Gasteiger partial charge >= 0.3 is 0 Å². The quantitative estimate of drug-likeness (QED) is 0.947. The van der Waals surface area contributed by atoms with Gasteiger partial charge in [0, 0.05) is 11.8 Å². The highest BCUT2D eigenvalue weighted by Gasteiger charge is 2.18. The van der Waals surface area contributed by atoms with Gasteiger partial charge in [-0.25, -0.2) is 4.68 Å². The van der Waals surface area contributed by atoms with Gasteiger partial charge in [-0.05, 0) is 57.4 Å². The highest BCUT2D eigenvalue weighted by Crippen LogP contribution is 2.18. The number of aromatic nitrogens is 2. The fraction of sp³-hybridized carbons (Fsp3) is 0.353. The summed E-state index contributed by atoms with van der Waals surface area (Å²) in [7, 11) is 0. The summed E-state index contributed by atoms with van der Waals surface area (Å²) >= 11 is 0. The van der Waals surface area contributed by atoms with E-state index >= 15 is 0 Å². The lowest BCUT2D eigenvalue weighted by Crippen LogP contribution is -2.34. The molecule has 5 nitrogen and oxygen atoms in total. The van der Waals surface area contributed by atoms with Crippen molar-refractivity contribution in [1.29, 1.82) is 0 Å². The second kappa shape index (κ2) is 6.13. The van der Waals surface area contributed by atoms with Crippen LogP contribution in [0.2, 0.25) is 0 Å². The molecule has 0 aliphatic rings. The summed E-state index contributed by atoms with van der Waals surface area (Å²) < 4.78 is 1.22. The van der Waals surface area contributed by atoms with E-state index in [1.807, 2.05) is 45.9 Å². The molecule has 0 fully saturated rings. The SMILES string of the molecule is Cc1ccc(C)c(NC(=O)C(C)n2nc(C)c(C)cc2=O)c1. The van der Waals surface area contributed by atoms with E-state index in [4.69, 9.17) is 0 Å². The van der Waals surface area contributed by atoms with Crippen molar-refractivity contribution < 1.29 is 4.79 Å². The summed E-state index contributed by atoms with van der Waals surface area (Å²) in [5.41, 5.74) is 4.09. The first-order valence-corrected chi connectivity index (χ1v) is 7.25. The molecule has 5 heteroatoms. The first-order chi connectivity index (χ1) is 10.3. The van der Waals surface area contributed by atoms with Crippen LogP contribution in [0.1, 0.15) is 35.3 Å². The molecular weight excluding hydrogens is 278 g/mol. The van der Waals surface area contributed by atoms with Crippen LogP contribution in [0.5, 0.6) is 0 Å². The molecule has 0 bridgehead atoms. The third-order valence-electron chi connectivity index (χ3n) is 3.79. The maximum absolute atomic E-state index is 12.4. The molecule has 2 aromatic rings. The molecule has 1 unspecified atom stereocenters. The van der Waals surface area contributed by atoms with E-state index in [1.54, 1.807) is 6.92 Å². The van der Waals surface area contributed by atoms with Crippen LogP contribution < -0.4 is 10.9 Å². The Kier molecular flexibility index (Phi) is 4.45. The number of carbonyl (C=O) groups excluding carboxylic acids is 1. The average molecular weight is 299 g/mol. The second-order valence-electron chi connectivity index (χ2n) is 5.68. The van der Waals surface area contributed by atoms with E-state index in [0.717, 1.165) is 28.1 Å². The van der Waals surface area contributed by atoms with E-state index in [9.17, 15) is 9.59 Å². The lowest BCUT2D eigenvalue weighted by Gasteiger charge is -2.16. The number of amides is 1. The number of benzene rings is 1. The number of nitrogens with zero attached hydrogens (tertiary/aromatic N) is 2. The minimum atomic E-state index is -0.674. The summed E-state index contributed by atoms with van der Waals surface area (Å²) in [6, 6.07) is 6.69. The zero-order valence-electron chi connectivity index (χ0n) is 13.6. The number of hydrogen-bond donors (Lipinski definition) is 1. The largest absolute Gasteiger partial charge is 0.324 e. The minimum Gasteiger partial charge on any atom is -0.324 e. The molecule has 1 aromatic heterocycles. The van der Waals surface area contributed by atoms with Gasteiger partial charge in [-0.15, -0.1) is 0 Å². The summed E-state index contributed by atoms with van der Waals surface area (Å²) in [4.78, 5) is 24.4. The Hall–Kier alpha value is -2.43. The number of carbonyl (C=O) groups is 1. The maximum atomic E-state index is 12.4. The second-order valence-corrected chi connectivity index (χ2v) is 5.68. The predicted octanol–water partition coefficient (Wildman–Crippen LogP) is 2.68. The Balaban J connectivity index is 2.28. The van der Waals surface area contributed by atoms with Gasteiger partial charge in [-0.3, -0.25) is 9.59 Å². The molecule has 1 amide bonds. The lowest BCUT2D eigenvalue weighted by atomic mass is 10.1. The molecule has 116 valence electrons. The normalized spacial score (nSPS) is 12.0. The Labute approximate surface area is 130 Å². The molecule has 2 rings (SSSR count). The Bertz CT molecular complexity index is 778. The molecule has 1 N–H and O–H groups in total. The van der Waals surface area contributed by atoms with Gasteiger partial charge in [0.1, 0.15) is 6.04 Å². The first kappa shape index (κ1) is 15.9. The van der Waals surface area contributed by atoms with Gasteiger partial charge < -0.3 is 5.32 Å². The smallest absolute Gasteiger partial charge is 0.267 e. The van der Waals surface area contributed by atoms with E-state index in [2.05, 4.69) is 10.4 Å². The lowest BCUT2D eigenvalue weighted by molar-refractivity contribution is -0.119. The van der Waals surface area contributed by atoms with E-state index < -0.39 is 6.04 Å². The summed E-state index contributed by atoms with van der Waals surface area (Å²) in [6.07, 6.45) is 0. The number of anilines is 1. The predicted molar refractivity (Wildman–Crippen MR) is 87.2 cm³/mol. The van der Waals surface area contributed by atoms with Gasteiger partial charge in [0.05, 0.1) is 5.69 Å². The summed E-state index contributed by atoms with van der Waals surface area (Å²) in [5, 5.41) is 7.09. The fourth-order valence-electron chi connectivity index (χ4n) is 2.14. The monoisotopic (exact) mass is 299 g/mol. The summed E-state index contributed by atoms with van der Waals surface area (Å²) in [5.74, 6) is -0.258. The van der Waals surface area contributed by atoms with Crippen LogP contribution >= 0.6 is 0 Å². The molecule has 0 aliphatic carbocycles. The Morgan fingerprint density at radius 2 is 1.82 bits per heavy atom. The first-order valence-electron chi connectivity index (χ1n) is 7.25. The topological polar surface area (TPSA) is 64.0 Å². The van der Waals surface area contributed by atoms with Crippen LogP contribution in [0.15, 0.2) is 29.1 Å².